The van der Waals surface area contributed by atoms with Crippen LogP contribution in [0.1, 0.15) is 29.9 Å². The van der Waals surface area contributed by atoms with E-state index in [9.17, 15) is 9.18 Å². The van der Waals surface area contributed by atoms with Gasteiger partial charge in [-0.3, -0.25) is 14.3 Å². The second-order valence-electron chi connectivity index (χ2n) is 11.4. The number of carbonyl (C=O) groups is 1. The van der Waals surface area contributed by atoms with Gasteiger partial charge in [-0.15, -0.1) is 10.2 Å². The van der Waals surface area contributed by atoms with Gasteiger partial charge in [-0.05, 0) is 48.7 Å². The van der Waals surface area contributed by atoms with Gasteiger partial charge in [-0.25, -0.2) is 9.37 Å². The number of rotatable bonds is 4. The van der Waals surface area contributed by atoms with Crippen molar-refractivity contribution in [2.45, 2.75) is 31.5 Å². The Labute approximate surface area is 230 Å². The predicted molar refractivity (Wildman–Crippen MR) is 142 cm³/mol. The average Bonchev–Trinajstić information content (AvgIpc) is 3.61. The van der Waals surface area contributed by atoms with Gasteiger partial charge in [-0.2, -0.15) is 5.26 Å². The lowest BCUT2D eigenvalue weighted by Crippen LogP contribution is -2.73. The minimum Gasteiger partial charge on any atom is -0.355 e. The molecule has 1 spiro atoms. The number of fused-ring (bicyclic) bond motifs is 3. The molecular weight excluding hydrogens is 521 g/mol. The molecule has 3 aliphatic heterocycles. The topological polar surface area (TPSA) is 97.4 Å². The highest BCUT2D eigenvalue weighted by atomic mass is 35.5. The predicted octanol–water partition coefficient (Wildman–Crippen LogP) is 2.59. The van der Waals surface area contributed by atoms with Crippen LogP contribution in [0.3, 0.4) is 0 Å². The lowest BCUT2D eigenvalue weighted by Gasteiger charge is -2.60. The van der Waals surface area contributed by atoms with Crippen molar-refractivity contribution in [3.63, 3.8) is 0 Å². The Balaban J connectivity index is 1.14. The molecule has 1 aromatic carbocycles. The number of hydrogen-bond donors (Lipinski definition) is 0. The monoisotopic (exact) mass is 547 g/mol. The summed E-state index contributed by atoms with van der Waals surface area (Å²) in [5.74, 6) is 1.74. The van der Waals surface area contributed by atoms with E-state index in [1.807, 2.05) is 38.4 Å². The Morgan fingerprint density at radius 3 is 2.51 bits per heavy atom. The molecule has 0 atom stereocenters. The van der Waals surface area contributed by atoms with E-state index in [1.54, 1.807) is 11.0 Å². The Morgan fingerprint density at radius 1 is 1.08 bits per heavy atom. The zero-order valence-electron chi connectivity index (χ0n) is 21.7. The van der Waals surface area contributed by atoms with Gasteiger partial charge < -0.3 is 14.7 Å². The summed E-state index contributed by atoms with van der Waals surface area (Å²) >= 11 is 6.43. The number of nitrogens with zero attached hydrogens (tertiary/aromatic N) is 9. The normalized spacial score (nSPS) is 20.3. The lowest BCUT2D eigenvalue weighted by atomic mass is 9.73. The second-order valence-corrected chi connectivity index (χ2v) is 11.9. The number of aromatic nitrogens is 4. The summed E-state index contributed by atoms with van der Waals surface area (Å²) in [7, 11) is 3.61. The van der Waals surface area contributed by atoms with E-state index < -0.39 is 11.4 Å². The van der Waals surface area contributed by atoms with Crippen LogP contribution >= 0.6 is 11.6 Å². The first kappa shape index (κ1) is 24.3. The van der Waals surface area contributed by atoms with Crippen LogP contribution in [-0.2, 0) is 17.9 Å². The first-order valence-electron chi connectivity index (χ1n) is 13.0. The van der Waals surface area contributed by atoms with Gasteiger partial charge in [0.1, 0.15) is 17.4 Å². The third kappa shape index (κ3) is 3.69. The fourth-order valence-electron chi connectivity index (χ4n) is 6.41. The van der Waals surface area contributed by atoms with Crippen molar-refractivity contribution in [3.8, 4) is 11.8 Å². The molecule has 1 aliphatic carbocycles. The molecule has 10 nitrogen and oxygen atoms in total. The quantitative estimate of drug-likeness (QED) is 0.492. The van der Waals surface area contributed by atoms with Gasteiger partial charge in [0.05, 0.1) is 12.2 Å². The molecule has 2 aromatic heterocycles. The van der Waals surface area contributed by atoms with Crippen molar-refractivity contribution in [3.05, 3.63) is 58.3 Å². The summed E-state index contributed by atoms with van der Waals surface area (Å²) in [4.78, 5) is 25.5. The fourth-order valence-corrected chi connectivity index (χ4v) is 6.61. The van der Waals surface area contributed by atoms with Crippen LogP contribution in [0, 0.1) is 22.6 Å². The Bertz CT molecular complexity index is 1550. The maximum Gasteiger partial charge on any atom is 0.242 e. The molecule has 1 amide bonds. The summed E-state index contributed by atoms with van der Waals surface area (Å²) < 4.78 is 15.8. The molecule has 5 heterocycles. The van der Waals surface area contributed by atoms with Crippen LogP contribution in [0.5, 0.6) is 0 Å². The van der Waals surface area contributed by atoms with E-state index >= 15 is 0 Å². The van der Waals surface area contributed by atoms with Gasteiger partial charge in [0, 0.05) is 57.3 Å². The number of nitriles is 1. The van der Waals surface area contributed by atoms with Gasteiger partial charge in [-0.1, -0.05) is 11.6 Å². The Kier molecular flexibility index (Phi) is 5.22. The Morgan fingerprint density at radius 2 is 1.82 bits per heavy atom. The maximum absolute atomic E-state index is 13.7. The molecule has 2 saturated heterocycles. The number of amides is 1. The smallest absolute Gasteiger partial charge is 0.242 e. The minimum absolute atomic E-state index is 0.0884. The number of anilines is 2. The fraction of sp³-hybridized carbons (Fsp3) is 0.444. The summed E-state index contributed by atoms with van der Waals surface area (Å²) in [6, 6.07) is 10.6. The molecule has 0 N–H and O–H groups in total. The van der Waals surface area contributed by atoms with Crippen molar-refractivity contribution in [2.24, 2.45) is 5.41 Å². The molecule has 0 bridgehead atoms. The van der Waals surface area contributed by atoms with Gasteiger partial charge in [0.15, 0.2) is 17.3 Å². The molecule has 0 unspecified atom stereocenters. The van der Waals surface area contributed by atoms with E-state index in [0.717, 1.165) is 62.0 Å². The first-order valence-corrected chi connectivity index (χ1v) is 13.4. The van der Waals surface area contributed by atoms with Gasteiger partial charge in [0.25, 0.3) is 0 Å². The molecule has 200 valence electrons. The molecule has 7 rings (SSSR count). The number of pyridine rings is 1. The van der Waals surface area contributed by atoms with E-state index in [0.29, 0.717) is 23.9 Å². The van der Waals surface area contributed by atoms with Crippen LogP contribution in [-0.4, -0.2) is 81.3 Å². The molecule has 4 aliphatic rings. The first-order chi connectivity index (χ1) is 18.7. The van der Waals surface area contributed by atoms with Crippen LogP contribution < -0.4 is 9.80 Å². The number of likely N-dealkylation sites (N-methyl/N-ethyl adjacent to an activating group) is 1. The van der Waals surface area contributed by atoms with Crippen LogP contribution in [0.4, 0.5) is 16.2 Å². The summed E-state index contributed by atoms with van der Waals surface area (Å²) in [6.45, 7) is 4.30. The van der Waals surface area contributed by atoms with E-state index in [1.165, 1.54) is 6.07 Å². The highest BCUT2D eigenvalue weighted by molar-refractivity contribution is 6.30. The van der Waals surface area contributed by atoms with Gasteiger partial charge in [0.2, 0.25) is 11.9 Å². The molecule has 1 saturated carbocycles. The zero-order chi connectivity index (χ0) is 27.1. The maximum atomic E-state index is 13.7. The van der Waals surface area contributed by atoms with Crippen molar-refractivity contribution >= 4 is 29.3 Å². The number of hydrogen-bond acceptors (Lipinski definition) is 8. The standard InChI is InChI=1S/C27H27ClFN9O/c1-34(2)24(39)27(7-8-27)37-11-17-9-18(28)3-5-21(17)38-23(12-37)32-33-25(38)36-15-26(16-36)13-35(14-26)22-6-4-19(29)20(10-30)31-22/h3-6,9H,7-8,11-16H2,1-2H3. The molecule has 3 aromatic rings. The third-order valence-corrected chi connectivity index (χ3v) is 8.71. The summed E-state index contributed by atoms with van der Waals surface area (Å²) in [6.07, 6.45) is 1.65. The number of benzene rings is 1. The largest absolute Gasteiger partial charge is 0.355 e. The SMILES string of the molecule is CN(C)C(=O)C1(N2Cc3cc(Cl)ccc3-n3c(nnc3N3CC4(CN(c5ccc(F)c(C#N)n5)C4)C3)C2)CC1. The van der Waals surface area contributed by atoms with Crippen molar-refractivity contribution in [2.75, 3.05) is 50.1 Å². The minimum atomic E-state index is -0.599. The summed E-state index contributed by atoms with van der Waals surface area (Å²) in [5, 5.41) is 19.0. The summed E-state index contributed by atoms with van der Waals surface area (Å²) in [5.41, 5.74) is 1.43. The van der Waals surface area contributed by atoms with Crippen LogP contribution in [0.2, 0.25) is 5.02 Å². The zero-order valence-corrected chi connectivity index (χ0v) is 22.5. The molecule has 12 heteroatoms. The van der Waals surface area contributed by atoms with Crippen molar-refractivity contribution in [1.82, 2.24) is 29.5 Å². The number of halogens is 2. The van der Waals surface area contributed by atoms with Crippen LogP contribution in [0.15, 0.2) is 30.3 Å². The molecule has 3 fully saturated rings. The number of carbonyl (C=O) groups excluding carboxylic acids is 1. The van der Waals surface area contributed by atoms with Crippen molar-refractivity contribution in [1.29, 1.82) is 5.26 Å². The highest BCUT2D eigenvalue weighted by Gasteiger charge is 2.57. The molecular formula is C27H27ClFN9O. The van der Waals surface area contributed by atoms with Gasteiger partial charge >= 0.3 is 0 Å². The van der Waals surface area contributed by atoms with E-state index in [2.05, 4.69) is 34.4 Å². The molecule has 0 radical (unpaired) electrons. The van der Waals surface area contributed by atoms with Crippen molar-refractivity contribution < 1.29 is 9.18 Å². The Hall–Kier alpha value is -3.75. The second kappa shape index (κ2) is 8.37. The van der Waals surface area contributed by atoms with Crippen LogP contribution in [0.25, 0.3) is 5.69 Å². The van der Waals surface area contributed by atoms with E-state index in [4.69, 9.17) is 16.9 Å². The molecule has 39 heavy (non-hydrogen) atoms. The highest BCUT2D eigenvalue weighted by Crippen LogP contribution is 2.47. The lowest BCUT2D eigenvalue weighted by molar-refractivity contribution is -0.136. The third-order valence-electron chi connectivity index (χ3n) is 8.47. The van der Waals surface area contributed by atoms with E-state index in [-0.39, 0.29) is 17.0 Å². The average molecular weight is 548 g/mol.